The van der Waals surface area contributed by atoms with Gasteiger partial charge >= 0.3 is 18.6 Å². The van der Waals surface area contributed by atoms with Crippen molar-refractivity contribution in [2.45, 2.75) is 64.9 Å². The highest BCUT2D eigenvalue weighted by Crippen LogP contribution is 2.38. The predicted octanol–water partition coefficient (Wildman–Crippen LogP) is 7.20. The van der Waals surface area contributed by atoms with Gasteiger partial charge in [0, 0.05) is 41.7 Å². The van der Waals surface area contributed by atoms with Crippen molar-refractivity contribution >= 4 is 63.0 Å². The molecule has 1 aliphatic carbocycles. The minimum absolute atomic E-state index is 0.00849. The van der Waals surface area contributed by atoms with Gasteiger partial charge < -0.3 is 28.1 Å². The molecule has 0 aliphatic heterocycles. The maximum Gasteiger partial charge on any atom is 0.387 e. The van der Waals surface area contributed by atoms with Gasteiger partial charge in [-0.15, -0.1) is 0 Å². The first-order valence-electron chi connectivity index (χ1n) is 15.5. The number of aromatic nitrogens is 2. The zero-order chi connectivity index (χ0) is 36.2. The van der Waals surface area contributed by atoms with Gasteiger partial charge in [-0.3, -0.25) is 23.1 Å². The van der Waals surface area contributed by atoms with Crippen LogP contribution in [0, 0.1) is 5.92 Å². The number of esters is 2. The molecule has 1 fully saturated rings. The molecule has 2 aromatic heterocycles. The molecule has 2 atom stereocenters. The summed E-state index contributed by atoms with van der Waals surface area (Å²) in [5.74, 6) is -1.21. The lowest BCUT2D eigenvalue weighted by Crippen LogP contribution is -2.36. The maximum absolute atomic E-state index is 13.6. The van der Waals surface area contributed by atoms with Gasteiger partial charge in [-0.05, 0) is 81.0 Å². The van der Waals surface area contributed by atoms with Crippen molar-refractivity contribution in [3.05, 3.63) is 82.2 Å². The van der Waals surface area contributed by atoms with Crippen LogP contribution in [0.3, 0.4) is 0 Å². The quantitative estimate of drug-likeness (QED) is 0.0913. The molecule has 0 spiro atoms. The molecule has 268 valence electrons. The van der Waals surface area contributed by atoms with E-state index in [1.54, 1.807) is 49.7 Å². The Labute approximate surface area is 299 Å². The number of ether oxygens (including phenoxy) is 4. The molecule has 0 bridgehead atoms. The van der Waals surface area contributed by atoms with Crippen LogP contribution >= 0.6 is 23.2 Å². The fraction of sp³-hybridized carbons (Fsp3) is 0.382. The number of pyridine rings is 1. The van der Waals surface area contributed by atoms with Crippen molar-refractivity contribution in [1.82, 2.24) is 9.55 Å². The van der Waals surface area contributed by atoms with Crippen LogP contribution in [0.4, 0.5) is 14.5 Å². The molecule has 11 nitrogen and oxygen atoms in total. The molecule has 16 heteroatoms. The van der Waals surface area contributed by atoms with Gasteiger partial charge in [0.05, 0.1) is 27.9 Å². The Kier molecular flexibility index (Phi) is 11.9. The summed E-state index contributed by atoms with van der Waals surface area (Å²) in [5, 5.41) is 0.918. The summed E-state index contributed by atoms with van der Waals surface area (Å²) in [4.78, 5) is 30.1. The summed E-state index contributed by atoms with van der Waals surface area (Å²) in [6.07, 6.45) is 5.32. The molecule has 1 aliphatic rings. The Morgan fingerprint density at radius 2 is 1.80 bits per heavy atom. The van der Waals surface area contributed by atoms with Gasteiger partial charge in [-0.25, -0.2) is 0 Å². The number of alkyl halides is 2. The second-order valence-corrected chi connectivity index (χ2v) is 14.3. The molecule has 0 radical (unpaired) electrons. The van der Waals surface area contributed by atoms with E-state index in [2.05, 4.69) is 9.72 Å². The van der Waals surface area contributed by atoms with Gasteiger partial charge in [0.2, 0.25) is 0 Å². The van der Waals surface area contributed by atoms with E-state index >= 15 is 0 Å². The van der Waals surface area contributed by atoms with Crippen molar-refractivity contribution in [1.29, 1.82) is 0 Å². The Morgan fingerprint density at radius 3 is 2.44 bits per heavy atom. The van der Waals surface area contributed by atoms with Crippen LogP contribution in [0.15, 0.2) is 61.1 Å². The van der Waals surface area contributed by atoms with E-state index in [1.165, 1.54) is 36.7 Å². The monoisotopic (exact) mass is 752 g/mol. The average Bonchev–Trinajstić information content (AvgIpc) is 3.78. The summed E-state index contributed by atoms with van der Waals surface area (Å²) in [7, 11) is 0. The molecule has 1 unspecified atom stereocenters. The number of nitrogens with zero attached hydrogens (tertiary/aromatic N) is 3. The number of carbonyl (C=O) groups is 2. The lowest BCUT2D eigenvalue weighted by atomic mass is 10.0. The third-order valence-corrected chi connectivity index (χ3v) is 8.91. The van der Waals surface area contributed by atoms with Crippen molar-refractivity contribution in [3.63, 3.8) is 0 Å². The number of hydrogen-bond donors (Lipinski definition) is 0. The summed E-state index contributed by atoms with van der Waals surface area (Å²) in [6, 6.07) is 10.7. The zero-order valence-corrected chi connectivity index (χ0v) is 29.6. The Hall–Kier alpha value is -3.98. The lowest BCUT2D eigenvalue weighted by molar-refractivity contribution is -0.153. The molecular weight excluding hydrogens is 719 g/mol. The Bertz CT molecular complexity index is 1860. The first-order chi connectivity index (χ1) is 23.7. The van der Waals surface area contributed by atoms with Crippen LogP contribution < -0.4 is 13.8 Å². The number of fused-ring (bicyclic) bond motifs is 1. The predicted molar refractivity (Wildman–Crippen MR) is 182 cm³/mol. The fourth-order valence-electron chi connectivity index (χ4n) is 5.18. The van der Waals surface area contributed by atoms with Crippen LogP contribution in [0.5, 0.6) is 11.5 Å². The molecule has 50 heavy (non-hydrogen) atoms. The normalized spacial score (nSPS) is 14.3. The van der Waals surface area contributed by atoms with Gasteiger partial charge in [0.15, 0.2) is 11.5 Å². The van der Waals surface area contributed by atoms with E-state index < -0.39 is 48.1 Å². The second kappa shape index (κ2) is 15.9. The first kappa shape index (κ1) is 37.3. The van der Waals surface area contributed by atoms with Crippen molar-refractivity contribution in [3.8, 4) is 11.5 Å². The number of rotatable bonds is 15. The topological polar surface area (TPSA) is 132 Å². The van der Waals surface area contributed by atoms with Crippen LogP contribution in [-0.2, 0) is 43.3 Å². The Balaban J connectivity index is 1.42. The molecule has 2 heterocycles. The number of anilines is 1. The highest BCUT2D eigenvalue weighted by molar-refractivity contribution is 7.80. The van der Waals surface area contributed by atoms with Crippen molar-refractivity contribution in [2.24, 2.45) is 5.92 Å². The second-order valence-electron chi connectivity index (χ2n) is 12.6. The highest BCUT2D eigenvalue weighted by Gasteiger charge is 2.27. The molecule has 2 aromatic carbocycles. The van der Waals surface area contributed by atoms with E-state index in [-0.39, 0.29) is 40.2 Å². The highest BCUT2D eigenvalue weighted by atomic mass is 35.5. The molecule has 0 amide bonds. The minimum atomic E-state index is -3.08. The summed E-state index contributed by atoms with van der Waals surface area (Å²) in [6.45, 7) is 1.39. The SMILES string of the molecule is CC(C)(C)OC(=O)CN(c1cccc2c1ccn2CC(=O)O[C@@H](Cc1c(Cl)cncc1Cl)c1ccc(OC(F)F)c(OCC2CC2)c1)S(=O)[O-]. The summed E-state index contributed by atoms with van der Waals surface area (Å²) < 4.78 is 75.1. The van der Waals surface area contributed by atoms with Gasteiger partial charge in [-0.1, -0.05) is 35.3 Å². The minimum Gasteiger partial charge on any atom is -0.755 e. The first-order valence-corrected chi connectivity index (χ1v) is 17.3. The molecule has 0 saturated heterocycles. The molecule has 4 aromatic rings. The summed E-state index contributed by atoms with van der Waals surface area (Å²) in [5.41, 5.74) is 0.728. The average molecular weight is 754 g/mol. The third kappa shape index (κ3) is 9.83. The van der Waals surface area contributed by atoms with Crippen LogP contribution in [-0.4, -0.2) is 55.6 Å². The smallest absolute Gasteiger partial charge is 0.387 e. The molecule has 5 rings (SSSR count). The third-order valence-electron chi connectivity index (χ3n) is 7.57. The number of hydrogen-bond acceptors (Lipinski definition) is 9. The van der Waals surface area contributed by atoms with Gasteiger partial charge in [0.25, 0.3) is 0 Å². The fourth-order valence-corrected chi connectivity index (χ4v) is 6.23. The number of benzene rings is 2. The van der Waals surface area contributed by atoms with Crippen LogP contribution in [0.2, 0.25) is 10.0 Å². The van der Waals surface area contributed by atoms with E-state index in [1.807, 2.05) is 0 Å². The lowest BCUT2D eigenvalue weighted by Gasteiger charge is -2.28. The van der Waals surface area contributed by atoms with E-state index in [9.17, 15) is 27.1 Å². The van der Waals surface area contributed by atoms with Crippen LogP contribution in [0.25, 0.3) is 10.9 Å². The standard InChI is InChI=1S/C34H35Cl2F2N3O8S/c1-34(2,3)49-32(43)18-41(50(44)45)27-6-4-5-26-22(27)11-12-40(26)17-31(42)47-29(14-23-24(35)15-39-16-25(23)36)21-9-10-28(48-33(37)38)30(13-21)46-19-20-7-8-20/h4-6,9-13,15-16,20,29,33H,7-8,14,17-19H2,1-3H3,(H,44,45)/p-1/t29-/m0/s1. The number of carbonyl (C=O) groups excluding carboxylic acids is 2. The number of halogens is 4. The van der Waals surface area contributed by atoms with E-state index in [4.69, 9.17) is 37.4 Å². The maximum atomic E-state index is 13.6. The largest absolute Gasteiger partial charge is 0.755 e. The van der Waals surface area contributed by atoms with Crippen molar-refractivity contribution < 1.29 is 46.1 Å². The molecular formula is C34H34Cl2F2N3O8S-. The van der Waals surface area contributed by atoms with Gasteiger partial charge in [-0.2, -0.15) is 8.78 Å². The van der Waals surface area contributed by atoms with Crippen LogP contribution in [0.1, 0.15) is 50.8 Å². The van der Waals surface area contributed by atoms with Gasteiger partial charge in [0.1, 0.15) is 24.8 Å². The summed E-state index contributed by atoms with van der Waals surface area (Å²) >= 11 is 10.00. The molecule has 0 N–H and O–H groups in total. The Morgan fingerprint density at radius 1 is 1.08 bits per heavy atom. The molecule has 1 saturated carbocycles. The zero-order valence-electron chi connectivity index (χ0n) is 27.3. The van der Waals surface area contributed by atoms with E-state index in [0.29, 0.717) is 34.6 Å². The van der Waals surface area contributed by atoms with E-state index in [0.717, 1.165) is 17.1 Å². The van der Waals surface area contributed by atoms with Crippen molar-refractivity contribution in [2.75, 3.05) is 17.5 Å².